The molecular formula is C14H20N2O2. The third kappa shape index (κ3) is 3.95. The van der Waals surface area contributed by atoms with Gasteiger partial charge in [-0.1, -0.05) is 25.0 Å². The molecule has 0 saturated heterocycles. The molecule has 2 rings (SSSR count). The van der Waals surface area contributed by atoms with Crippen LogP contribution in [0, 0.1) is 0 Å². The highest BCUT2D eigenvalue weighted by atomic mass is 16.3. The van der Waals surface area contributed by atoms with Crippen LogP contribution in [0.25, 0.3) is 0 Å². The molecule has 0 atom stereocenters. The number of amides is 2. The molecule has 3 N–H and O–H groups in total. The lowest BCUT2D eigenvalue weighted by Crippen LogP contribution is -2.41. The van der Waals surface area contributed by atoms with E-state index in [9.17, 15) is 4.79 Å². The lowest BCUT2D eigenvalue weighted by atomic mass is 10.1. The first-order valence-corrected chi connectivity index (χ1v) is 6.56. The van der Waals surface area contributed by atoms with E-state index in [1.807, 2.05) is 12.1 Å². The maximum Gasteiger partial charge on any atom is 0.315 e. The predicted molar refractivity (Wildman–Crippen MR) is 70.6 cm³/mol. The molecule has 0 spiro atoms. The largest absolute Gasteiger partial charge is 0.508 e. The van der Waals surface area contributed by atoms with Crippen LogP contribution in [0.4, 0.5) is 4.79 Å². The van der Waals surface area contributed by atoms with Crippen molar-refractivity contribution < 1.29 is 9.90 Å². The van der Waals surface area contributed by atoms with Crippen molar-refractivity contribution in [1.82, 2.24) is 10.6 Å². The minimum Gasteiger partial charge on any atom is -0.508 e. The van der Waals surface area contributed by atoms with Crippen molar-refractivity contribution in [2.24, 2.45) is 0 Å². The van der Waals surface area contributed by atoms with Gasteiger partial charge in [0.2, 0.25) is 0 Å². The van der Waals surface area contributed by atoms with Gasteiger partial charge in [-0.25, -0.2) is 4.79 Å². The average molecular weight is 248 g/mol. The Kier molecular flexibility index (Phi) is 4.45. The van der Waals surface area contributed by atoms with E-state index in [1.54, 1.807) is 12.1 Å². The number of phenols is 1. The van der Waals surface area contributed by atoms with Crippen molar-refractivity contribution in [1.29, 1.82) is 0 Å². The molecule has 1 fully saturated rings. The first-order chi connectivity index (χ1) is 8.74. The van der Waals surface area contributed by atoms with Crippen LogP contribution in [0.3, 0.4) is 0 Å². The van der Waals surface area contributed by atoms with E-state index in [-0.39, 0.29) is 11.8 Å². The highest BCUT2D eigenvalue weighted by Crippen LogP contribution is 2.17. The maximum atomic E-state index is 11.6. The van der Waals surface area contributed by atoms with E-state index < -0.39 is 0 Å². The zero-order chi connectivity index (χ0) is 12.8. The Hall–Kier alpha value is -1.71. The summed E-state index contributed by atoms with van der Waals surface area (Å²) in [6.07, 6.45) is 5.42. The van der Waals surface area contributed by atoms with Crippen LogP contribution in [-0.2, 0) is 6.42 Å². The van der Waals surface area contributed by atoms with Crippen molar-refractivity contribution in [2.75, 3.05) is 6.54 Å². The van der Waals surface area contributed by atoms with Crippen LogP contribution < -0.4 is 10.6 Å². The second kappa shape index (κ2) is 6.28. The Morgan fingerprint density at radius 2 is 1.89 bits per heavy atom. The molecule has 1 aromatic rings. The zero-order valence-corrected chi connectivity index (χ0v) is 10.5. The van der Waals surface area contributed by atoms with Gasteiger partial charge in [-0.3, -0.25) is 0 Å². The SMILES string of the molecule is O=C(NCCc1ccc(O)cc1)NC1CCCC1. The van der Waals surface area contributed by atoms with Gasteiger partial charge in [0.1, 0.15) is 5.75 Å². The molecule has 0 heterocycles. The standard InChI is InChI=1S/C14H20N2O2/c17-13-7-5-11(6-8-13)9-10-15-14(18)16-12-3-1-2-4-12/h5-8,12,17H,1-4,9-10H2,(H2,15,16,18). The Bertz CT molecular complexity index is 383. The van der Waals surface area contributed by atoms with Gasteiger partial charge in [0.25, 0.3) is 0 Å². The normalized spacial score (nSPS) is 15.6. The molecular weight excluding hydrogens is 228 g/mol. The third-order valence-corrected chi connectivity index (χ3v) is 3.33. The topological polar surface area (TPSA) is 61.4 Å². The van der Waals surface area contributed by atoms with Gasteiger partial charge in [0.05, 0.1) is 0 Å². The molecule has 1 aromatic carbocycles. The van der Waals surface area contributed by atoms with Gasteiger partial charge < -0.3 is 15.7 Å². The maximum absolute atomic E-state index is 11.6. The van der Waals surface area contributed by atoms with E-state index in [1.165, 1.54) is 12.8 Å². The van der Waals surface area contributed by atoms with Crippen LogP contribution in [0.2, 0.25) is 0 Å². The molecule has 4 nitrogen and oxygen atoms in total. The molecule has 98 valence electrons. The zero-order valence-electron chi connectivity index (χ0n) is 10.5. The van der Waals surface area contributed by atoms with E-state index in [0.717, 1.165) is 24.8 Å². The number of urea groups is 1. The van der Waals surface area contributed by atoms with Crippen molar-refractivity contribution >= 4 is 6.03 Å². The summed E-state index contributed by atoms with van der Waals surface area (Å²) in [7, 11) is 0. The Labute approximate surface area is 107 Å². The van der Waals surface area contributed by atoms with Crippen LogP contribution in [-0.4, -0.2) is 23.7 Å². The number of phenolic OH excluding ortho intramolecular Hbond substituents is 1. The fourth-order valence-corrected chi connectivity index (χ4v) is 2.29. The smallest absolute Gasteiger partial charge is 0.315 e. The molecule has 0 aliphatic heterocycles. The monoisotopic (exact) mass is 248 g/mol. The number of hydrogen-bond donors (Lipinski definition) is 3. The van der Waals surface area contributed by atoms with Gasteiger partial charge in [-0.2, -0.15) is 0 Å². The van der Waals surface area contributed by atoms with Gasteiger partial charge in [0.15, 0.2) is 0 Å². The fraction of sp³-hybridized carbons (Fsp3) is 0.500. The fourth-order valence-electron chi connectivity index (χ4n) is 2.29. The summed E-state index contributed by atoms with van der Waals surface area (Å²) in [4.78, 5) is 11.6. The summed E-state index contributed by atoms with van der Waals surface area (Å²) in [5, 5.41) is 15.0. The first kappa shape index (κ1) is 12.7. The number of aromatic hydroxyl groups is 1. The molecule has 1 aliphatic carbocycles. The second-order valence-electron chi connectivity index (χ2n) is 4.80. The minimum atomic E-state index is -0.0688. The van der Waals surface area contributed by atoms with E-state index >= 15 is 0 Å². The lowest BCUT2D eigenvalue weighted by molar-refractivity contribution is 0.237. The first-order valence-electron chi connectivity index (χ1n) is 6.56. The summed E-state index contributed by atoms with van der Waals surface area (Å²) < 4.78 is 0. The molecule has 2 amide bonds. The van der Waals surface area contributed by atoms with Crippen molar-refractivity contribution in [3.8, 4) is 5.75 Å². The van der Waals surface area contributed by atoms with Crippen molar-refractivity contribution in [2.45, 2.75) is 38.1 Å². The van der Waals surface area contributed by atoms with Crippen LogP contribution in [0.1, 0.15) is 31.2 Å². The van der Waals surface area contributed by atoms with Crippen molar-refractivity contribution in [3.63, 3.8) is 0 Å². The highest BCUT2D eigenvalue weighted by molar-refractivity contribution is 5.74. The summed E-state index contributed by atoms with van der Waals surface area (Å²) in [5.41, 5.74) is 1.11. The molecule has 4 heteroatoms. The van der Waals surface area contributed by atoms with Gasteiger partial charge in [-0.15, -0.1) is 0 Å². The number of nitrogens with one attached hydrogen (secondary N) is 2. The number of carbonyl (C=O) groups is 1. The van der Waals surface area contributed by atoms with Crippen LogP contribution >= 0.6 is 0 Å². The third-order valence-electron chi connectivity index (χ3n) is 3.33. The van der Waals surface area contributed by atoms with Gasteiger partial charge in [-0.05, 0) is 37.0 Å². The van der Waals surface area contributed by atoms with E-state index in [2.05, 4.69) is 10.6 Å². The molecule has 0 unspecified atom stereocenters. The van der Waals surface area contributed by atoms with Gasteiger partial charge in [0, 0.05) is 12.6 Å². The molecule has 0 radical (unpaired) electrons. The molecule has 0 bridgehead atoms. The summed E-state index contributed by atoms with van der Waals surface area (Å²) in [5.74, 6) is 0.269. The number of carbonyl (C=O) groups excluding carboxylic acids is 1. The quantitative estimate of drug-likeness (QED) is 0.764. The summed E-state index contributed by atoms with van der Waals surface area (Å²) >= 11 is 0. The molecule has 0 aromatic heterocycles. The summed E-state index contributed by atoms with van der Waals surface area (Å²) in [6.45, 7) is 0.614. The van der Waals surface area contributed by atoms with Crippen molar-refractivity contribution in [3.05, 3.63) is 29.8 Å². The number of benzene rings is 1. The lowest BCUT2D eigenvalue weighted by Gasteiger charge is -2.12. The average Bonchev–Trinajstić information content (AvgIpc) is 2.84. The Morgan fingerprint density at radius 3 is 2.56 bits per heavy atom. The number of hydrogen-bond acceptors (Lipinski definition) is 2. The Balaban J connectivity index is 1.65. The predicted octanol–water partition coefficient (Wildman–Crippen LogP) is 2.18. The second-order valence-corrected chi connectivity index (χ2v) is 4.80. The molecule has 1 aliphatic rings. The van der Waals surface area contributed by atoms with E-state index in [4.69, 9.17) is 5.11 Å². The highest BCUT2D eigenvalue weighted by Gasteiger charge is 2.16. The van der Waals surface area contributed by atoms with Gasteiger partial charge >= 0.3 is 6.03 Å². The minimum absolute atomic E-state index is 0.0688. The molecule has 1 saturated carbocycles. The number of rotatable bonds is 4. The van der Waals surface area contributed by atoms with Crippen LogP contribution in [0.15, 0.2) is 24.3 Å². The van der Waals surface area contributed by atoms with E-state index in [0.29, 0.717) is 12.6 Å². The van der Waals surface area contributed by atoms with Crippen LogP contribution in [0.5, 0.6) is 5.75 Å². The molecule has 18 heavy (non-hydrogen) atoms. The Morgan fingerprint density at radius 1 is 1.22 bits per heavy atom. The summed E-state index contributed by atoms with van der Waals surface area (Å²) in [6, 6.07) is 7.35.